The number of aromatic nitrogens is 1. The van der Waals surface area contributed by atoms with Crippen molar-refractivity contribution in [1.29, 1.82) is 0 Å². The van der Waals surface area contributed by atoms with Gasteiger partial charge in [0, 0.05) is 5.56 Å². The minimum Gasteiger partial charge on any atom is -0.477 e. The number of carboxylic acids is 1. The highest BCUT2D eigenvalue weighted by Gasteiger charge is 2.19. The Morgan fingerprint density at radius 2 is 2.21 bits per heavy atom. The maximum atomic E-state index is 13.9. The lowest BCUT2D eigenvalue weighted by molar-refractivity contribution is 0.0700. The Morgan fingerprint density at radius 3 is 2.79 bits per heavy atom. The van der Waals surface area contributed by atoms with Crippen molar-refractivity contribution in [2.75, 3.05) is 0 Å². The molecule has 2 aromatic rings. The van der Waals surface area contributed by atoms with Gasteiger partial charge in [0.05, 0.1) is 5.69 Å². The van der Waals surface area contributed by atoms with Crippen molar-refractivity contribution >= 4 is 17.3 Å². The molecule has 0 fully saturated rings. The van der Waals surface area contributed by atoms with E-state index in [4.69, 9.17) is 5.11 Å². The predicted octanol–water partition coefficient (Wildman–Crippen LogP) is 3.91. The van der Waals surface area contributed by atoms with Gasteiger partial charge in [-0.3, -0.25) is 0 Å². The van der Waals surface area contributed by atoms with Gasteiger partial charge in [0.2, 0.25) is 0 Å². The highest BCUT2D eigenvalue weighted by molar-refractivity contribution is 7.17. The Bertz CT molecular complexity index is 622. The van der Waals surface area contributed by atoms with Gasteiger partial charge < -0.3 is 5.11 Å². The predicted molar refractivity (Wildman–Crippen MR) is 73.2 cm³/mol. The molecule has 1 N–H and O–H groups in total. The molecule has 2 rings (SSSR count). The van der Waals surface area contributed by atoms with Crippen LogP contribution in [0.5, 0.6) is 0 Å². The number of carbonyl (C=O) groups is 1. The monoisotopic (exact) mass is 279 g/mol. The Labute approximate surface area is 114 Å². The van der Waals surface area contributed by atoms with Gasteiger partial charge in [-0.05, 0) is 31.0 Å². The summed E-state index contributed by atoms with van der Waals surface area (Å²) in [5.74, 6) is -1.37. The number of benzene rings is 1. The fourth-order valence-corrected chi connectivity index (χ4v) is 2.81. The summed E-state index contributed by atoms with van der Waals surface area (Å²) in [4.78, 5) is 15.6. The maximum absolute atomic E-state index is 13.9. The normalized spacial score (nSPS) is 10.7. The van der Waals surface area contributed by atoms with E-state index in [-0.39, 0.29) is 10.7 Å². The third kappa shape index (κ3) is 2.81. The topological polar surface area (TPSA) is 50.2 Å². The third-order valence-corrected chi connectivity index (χ3v) is 3.85. The molecule has 1 aromatic heterocycles. The van der Waals surface area contributed by atoms with E-state index in [9.17, 15) is 9.18 Å². The number of rotatable bonds is 4. The molecule has 0 bridgehead atoms. The first kappa shape index (κ1) is 13.7. The van der Waals surface area contributed by atoms with Crippen molar-refractivity contribution < 1.29 is 14.3 Å². The molecular weight excluding hydrogens is 265 g/mol. The highest BCUT2D eigenvalue weighted by Crippen LogP contribution is 2.31. The highest BCUT2D eigenvalue weighted by atomic mass is 32.1. The molecule has 100 valence electrons. The van der Waals surface area contributed by atoms with E-state index in [2.05, 4.69) is 4.98 Å². The summed E-state index contributed by atoms with van der Waals surface area (Å²) in [5, 5.41) is 9.57. The second kappa shape index (κ2) is 5.48. The molecule has 1 aromatic carbocycles. The number of hydrogen-bond acceptors (Lipinski definition) is 3. The Balaban J connectivity index is 2.50. The second-order valence-corrected chi connectivity index (χ2v) is 5.33. The summed E-state index contributed by atoms with van der Waals surface area (Å²) in [6.07, 6.45) is 1.39. The van der Waals surface area contributed by atoms with Crippen LogP contribution in [0, 0.1) is 12.7 Å². The van der Waals surface area contributed by atoms with Gasteiger partial charge in [0.1, 0.15) is 15.7 Å². The first-order chi connectivity index (χ1) is 9.02. The largest absolute Gasteiger partial charge is 0.477 e. The zero-order valence-corrected chi connectivity index (χ0v) is 11.6. The van der Waals surface area contributed by atoms with E-state index in [1.54, 1.807) is 19.1 Å². The van der Waals surface area contributed by atoms with Crippen molar-refractivity contribution in [1.82, 2.24) is 4.98 Å². The average molecular weight is 279 g/mol. The van der Waals surface area contributed by atoms with E-state index in [1.807, 2.05) is 6.92 Å². The minimum atomic E-state index is -1.00. The zero-order chi connectivity index (χ0) is 14.0. The van der Waals surface area contributed by atoms with Crippen LogP contribution in [0.2, 0.25) is 0 Å². The molecule has 19 heavy (non-hydrogen) atoms. The van der Waals surface area contributed by atoms with E-state index in [1.165, 1.54) is 6.07 Å². The Kier molecular flexibility index (Phi) is 3.95. The lowest BCUT2D eigenvalue weighted by atomic mass is 10.1. The number of nitrogens with zero attached hydrogens (tertiary/aromatic N) is 1. The lowest BCUT2D eigenvalue weighted by Crippen LogP contribution is -1.98. The SMILES string of the molecule is CCCc1nc(-c2ccc(C)cc2F)sc1C(=O)O. The van der Waals surface area contributed by atoms with Crippen LogP contribution in [-0.4, -0.2) is 16.1 Å². The van der Waals surface area contributed by atoms with Crippen molar-refractivity contribution in [2.24, 2.45) is 0 Å². The molecule has 0 saturated heterocycles. The Morgan fingerprint density at radius 1 is 1.47 bits per heavy atom. The molecule has 0 aliphatic heterocycles. The summed E-state index contributed by atoms with van der Waals surface area (Å²) < 4.78 is 13.9. The van der Waals surface area contributed by atoms with Gasteiger partial charge in [-0.2, -0.15) is 0 Å². The maximum Gasteiger partial charge on any atom is 0.347 e. The zero-order valence-electron chi connectivity index (χ0n) is 10.7. The van der Waals surface area contributed by atoms with Gasteiger partial charge >= 0.3 is 5.97 Å². The number of thiazole rings is 1. The Hall–Kier alpha value is -1.75. The van der Waals surface area contributed by atoms with E-state index >= 15 is 0 Å². The van der Waals surface area contributed by atoms with Crippen LogP contribution >= 0.6 is 11.3 Å². The van der Waals surface area contributed by atoms with Crippen molar-refractivity contribution in [2.45, 2.75) is 26.7 Å². The minimum absolute atomic E-state index is 0.205. The molecular formula is C14H14FNO2S. The van der Waals surface area contributed by atoms with Crippen molar-refractivity contribution in [3.8, 4) is 10.6 Å². The summed E-state index contributed by atoms with van der Waals surface area (Å²) in [6, 6.07) is 4.86. The molecule has 0 amide bonds. The molecule has 0 aliphatic carbocycles. The molecule has 0 radical (unpaired) electrons. The van der Waals surface area contributed by atoms with Gasteiger partial charge in [-0.15, -0.1) is 11.3 Å². The smallest absolute Gasteiger partial charge is 0.347 e. The lowest BCUT2D eigenvalue weighted by Gasteiger charge is -1.99. The molecule has 5 heteroatoms. The number of hydrogen-bond donors (Lipinski definition) is 1. The summed E-state index contributed by atoms with van der Waals surface area (Å²) >= 11 is 1.03. The number of carboxylic acid groups (broad SMARTS) is 1. The van der Waals surface area contributed by atoms with E-state index in [0.717, 1.165) is 23.3 Å². The first-order valence-corrected chi connectivity index (χ1v) is 6.84. The van der Waals surface area contributed by atoms with Gasteiger partial charge in [-0.1, -0.05) is 19.4 Å². The molecule has 0 saturated carbocycles. The van der Waals surface area contributed by atoms with E-state index in [0.29, 0.717) is 22.7 Å². The third-order valence-electron chi connectivity index (χ3n) is 2.73. The van der Waals surface area contributed by atoms with Crippen LogP contribution < -0.4 is 0 Å². The number of halogens is 1. The van der Waals surface area contributed by atoms with Crippen LogP contribution in [0.25, 0.3) is 10.6 Å². The average Bonchev–Trinajstić information content (AvgIpc) is 2.73. The summed E-state index contributed by atoms with van der Waals surface area (Å²) in [6.45, 7) is 3.76. The standard InChI is InChI=1S/C14H14FNO2S/c1-3-4-11-12(14(17)18)19-13(16-11)9-6-5-8(2)7-10(9)15/h5-7H,3-4H2,1-2H3,(H,17,18). The molecule has 0 unspecified atom stereocenters. The van der Waals surface area contributed by atoms with Crippen LogP contribution in [0.4, 0.5) is 4.39 Å². The van der Waals surface area contributed by atoms with Crippen molar-refractivity contribution in [3.05, 3.63) is 40.2 Å². The van der Waals surface area contributed by atoms with E-state index < -0.39 is 5.97 Å². The molecule has 0 spiro atoms. The fourth-order valence-electron chi connectivity index (χ4n) is 1.83. The van der Waals surface area contributed by atoms with Crippen LogP contribution in [0.15, 0.2) is 18.2 Å². The van der Waals surface area contributed by atoms with Crippen LogP contribution in [0.1, 0.15) is 34.3 Å². The van der Waals surface area contributed by atoms with Crippen LogP contribution in [-0.2, 0) is 6.42 Å². The van der Waals surface area contributed by atoms with Gasteiger partial charge in [-0.25, -0.2) is 14.2 Å². The van der Waals surface area contributed by atoms with Crippen LogP contribution in [0.3, 0.4) is 0 Å². The van der Waals surface area contributed by atoms with Crippen molar-refractivity contribution in [3.63, 3.8) is 0 Å². The van der Waals surface area contributed by atoms with Gasteiger partial charge in [0.25, 0.3) is 0 Å². The quantitative estimate of drug-likeness (QED) is 0.923. The molecule has 1 heterocycles. The summed E-state index contributed by atoms with van der Waals surface area (Å²) in [5.41, 5.74) is 1.72. The summed E-state index contributed by atoms with van der Waals surface area (Å²) in [7, 11) is 0. The first-order valence-electron chi connectivity index (χ1n) is 6.02. The molecule has 0 aliphatic rings. The van der Waals surface area contributed by atoms with Gasteiger partial charge in [0.15, 0.2) is 0 Å². The number of aryl methyl sites for hydroxylation is 2. The molecule has 3 nitrogen and oxygen atoms in total. The number of aromatic carboxylic acids is 1. The molecule has 0 atom stereocenters. The second-order valence-electron chi connectivity index (χ2n) is 4.33. The fraction of sp³-hybridized carbons (Fsp3) is 0.286.